The standard InChI is InChI=1S/C11H10BrF2N3O/c1-2-17-9(5-18)15-16-11(17)10-7(13)3-6(12)4-8(10)14/h3-4,18H,2,5H2,1H3. The molecule has 2 aromatic rings. The molecule has 0 aliphatic rings. The van der Waals surface area contributed by atoms with E-state index >= 15 is 0 Å². The van der Waals surface area contributed by atoms with Crippen LogP contribution in [0.2, 0.25) is 0 Å². The minimum absolute atomic E-state index is 0.0732. The molecule has 0 saturated carbocycles. The summed E-state index contributed by atoms with van der Waals surface area (Å²) >= 11 is 3.01. The van der Waals surface area contributed by atoms with Crippen LogP contribution >= 0.6 is 15.9 Å². The number of aromatic nitrogens is 3. The van der Waals surface area contributed by atoms with E-state index in [-0.39, 0.29) is 23.8 Å². The molecular formula is C11H10BrF2N3O. The molecule has 0 aliphatic heterocycles. The number of benzene rings is 1. The lowest BCUT2D eigenvalue weighted by molar-refractivity contribution is 0.265. The van der Waals surface area contributed by atoms with Crippen molar-refractivity contribution in [1.82, 2.24) is 14.8 Å². The summed E-state index contributed by atoms with van der Waals surface area (Å²) < 4.78 is 29.4. The molecule has 0 aliphatic carbocycles. The summed E-state index contributed by atoms with van der Waals surface area (Å²) in [6, 6.07) is 2.32. The molecule has 4 nitrogen and oxygen atoms in total. The monoisotopic (exact) mass is 317 g/mol. The fourth-order valence-electron chi connectivity index (χ4n) is 1.73. The first kappa shape index (κ1) is 13.1. The zero-order valence-electron chi connectivity index (χ0n) is 9.49. The van der Waals surface area contributed by atoms with Gasteiger partial charge in [-0.25, -0.2) is 8.78 Å². The molecule has 1 N–H and O–H groups in total. The molecule has 96 valence electrons. The van der Waals surface area contributed by atoms with Crippen molar-refractivity contribution in [1.29, 1.82) is 0 Å². The number of aliphatic hydroxyl groups excluding tert-OH is 1. The van der Waals surface area contributed by atoms with E-state index in [2.05, 4.69) is 26.1 Å². The third-order valence-corrected chi connectivity index (χ3v) is 2.97. The molecule has 0 spiro atoms. The Balaban J connectivity index is 2.66. The van der Waals surface area contributed by atoms with Gasteiger partial charge in [0.25, 0.3) is 0 Å². The number of nitrogens with zero attached hydrogens (tertiary/aromatic N) is 3. The van der Waals surface area contributed by atoms with Crippen molar-refractivity contribution in [2.24, 2.45) is 0 Å². The van der Waals surface area contributed by atoms with Crippen LogP contribution in [0.1, 0.15) is 12.7 Å². The lowest BCUT2D eigenvalue weighted by Crippen LogP contribution is -2.05. The molecule has 0 bridgehead atoms. The molecule has 18 heavy (non-hydrogen) atoms. The van der Waals surface area contributed by atoms with E-state index in [1.54, 1.807) is 6.92 Å². The summed E-state index contributed by atoms with van der Waals surface area (Å²) in [5.41, 5.74) is -0.243. The Morgan fingerprint density at radius 2 is 1.89 bits per heavy atom. The Bertz CT molecular complexity index is 563. The van der Waals surface area contributed by atoms with Gasteiger partial charge < -0.3 is 9.67 Å². The van der Waals surface area contributed by atoms with Crippen LogP contribution in [0.5, 0.6) is 0 Å². The second-order valence-corrected chi connectivity index (χ2v) is 4.50. The maximum Gasteiger partial charge on any atom is 0.169 e. The first-order valence-electron chi connectivity index (χ1n) is 5.26. The van der Waals surface area contributed by atoms with Gasteiger partial charge in [0.05, 0.1) is 5.56 Å². The first-order valence-corrected chi connectivity index (χ1v) is 6.05. The Morgan fingerprint density at radius 1 is 1.28 bits per heavy atom. The SMILES string of the molecule is CCn1c(CO)nnc1-c1c(F)cc(Br)cc1F. The van der Waals surface area contributed by atoms with Gasteiger partial charge in [-0.05, 0) is 19.1 Å². The van der Waals surface area contributed by atoms with Crippen LogP contribution in [0.25, 0.3) is 11.4 Å². The van der Waals surface area contributed by atoms with E-state index in [1.165, 1.54) is 4.57 Å². The van der Waals surface area contributed by atoms with Crippen molar-refractivity contribution in [3.63, 3.8) is 0 Å². The smallest absolute Gasteiger partial charge is 0.169 e. The lowest BCUT2D eigenvalue weighted by Gasteiger charge is -2.08. The number of aliphatic hydroxyl groups is 1. The van der Waals surface area contributed by atoms with Gasteiger partial charge >= 0.3 is 0 Å². The largest absolute Gasteiger partial charge is 0.388 e. The van der Waals surface area contributed by atoms with E-state index < -0.39 is 11.6 Å². The van der Waals surface area contributed by atoms with Gasteiger partial charge in [-0.1, -0.05) is 15.9 Å². The molecule has 0 amide bonds. The Morgan fingerprint density at radius 3 is 2.39 bits per heavy atom. The van der Waals surface area contributed by atoms with Crippen molar-refractivity contribution in [3.8, 4) is 11.4 Å². The van der Waals surface area contributed by atoms with E-state index in [0.717, 1.165) is 12.1 Å². The van der Waals surface area contributed by atoms with E-state index in [1.807, 2.05) is 0 Å². The highest BCUT2D eigenvalue weighted by atomic mass is 79.9. The molecule has 2 rings (SSSR count). The van der Waals surface area contributed by atoms with Gasteiger partial charge in [-0.15, -0.1) is 10.2 Å². The molecule has 1 aromatic heterocycles. The van der Waals surface area contributed by atoms with E-state index in [4.69, 9.17) is 5.11 Å². The summed E-state index contributed by atoms with van der Waals surface area (Å²) in [7, 11) is 0. The summed E-state index contributed by atoms with van der Waals surface area (Å²) in [5, 5.41) is 16.5. The van der Waals surface area contributed by atoms with Crippen molar-refractivity contribution in [2.45, 2.75) is 20.1 Å². The van der Waals surface area contributed by atoms with Crippen LogP contribution in [0.4, 0.5) is 8.78 Å². The lowest BCUT2D eigenvalue weighted by atomic mass is 10.2. The predicted molar refractivity (Wildman–Crippen MR) is 64.7 cm³/mol. The Labute approximate surface area is 110 Å². The molecule has 0 saturated heterocycles. The van der Waals surface area contributed by atoms with E-state index in [0.29, 0.717) is 11.0 Å². The number of rotatable bonds is 3. The van der Waals surface area contributed by atoms with Gasteiger partial charge in [0.15, 0.2) is 11.6 Å². The van der Waals surface area contributed by atoms with Crippen LogP contribution in [0, 0.1) is 11.6 Å². The average molecular weight is 318 g/mol. The molecule has 0 radical (unpaired) electrons. The molecule has 0 atom stereocenters. The number of hydrogen-bond acceptors (Lipinski definition) is 3. The maximum absolute atomic E-state index is 13.8. The molecule has 0 fully saturated rings. The highest BCUT2D eigenvalue weighted by Gasteiger charge is 2.20. The summed E-state index contributed by atoms with van der Waals surface area (Å²) in [4.78, 5) is 0. The fourth-order valence-corrected chi connectivity index (χ4v) is 2.13. The number of halogens is 3. The highest BCUT2D eigenvalue weighted by molar-refractivity contribution is 9.10. The highest BCUT2D eigenvalue weighted by Crippen LogP contribution is 2.28. The van der Waals surface area contributed by atoms with Gasteiger partial charge in [0, 0.05) is 11.0 Å². The Hall–Kier alpha value is -1.34. The second-order valence-electron chi connectivity index (χ2n) is 3.59. The molecule has 1 aromatic carbocycles. The quantitative estimate of drug-likeness (QED) is 0.946. The Kier molecular flexibility index (Phi) is 3.72. The molecule has 7 heteroatoms. The predicted octanol–water partition coefficient (Wildman–Crippen LogP) is 2.50. The minimum atomic E-state index is -0.728. The third-order valence-electron chi connectivity index (χ3n) is 2.52. The molecule has 1 heterocycles. The molecular weight excluding hydrogens is 308 g/mol. The summed E-state index contributed by atoms with van der Waals surface area (Å²) in [6.07, 6.45) is 0. The maximum atomic E-state index is 13.8. The van der Waals surface area contributed by atoms with Crippen LogP contribution in [-0.4, -0.2) is 19.9 Å². The summed E-state index contributed by atoms with van der Waals surface area (Å²) in [5.74, 6) is -1.11. The van der Waals surface area contributed by atoms with E-state index in [9.17, 15) is 8.78 Å². The van der Waals surface area contributed by atoms with Gasteiger partial charge in [0.1, 0.15) is 18.2 Å². The zero-order valence-corrected chi connectivity index (χ0v) is 11.1. The topological polar surface area (TPSA) is 50.9 Å². The van der Waals surface area contributed by atoms with Crippen molar-refractivity contribution in [3.05, 3.63) is 34.1 Å². The summed E-state index contributed by atoms with van der Waals surface area (Å²) in [6.45, 7) is 1.86. The fraction of sp³-hybridized carbons (Fsp3) is 0.273. The normalized spacial score (nSPS) is 10.9. The van der Waals surface area contributed by atoms with Gasteiger partial charge in [-0.3, -0.25) is 0 Å². The third kappa shape index (κ3) is 2.15. The van der Waals surface area contributed by atoms with Crippen LogP contribution < -0.4 is 0 Å². The van der Waals surface area contributed by atoms with Gasteiger partial charge in [-0.2, -0.15) is 0 Å². The van der Waals surface area contributed by atoms with Crippen molar-refractivity contribution < 1.29 is 13.9 Å². The van der Waals surface area contributed by atoms with Crippen LogP contribution in [0.3, 0.4) is 0 Å². The molecule has 0 unspecified atom stereocenters. The van der Waals surface area contributed by atoms with Crippen LogP contribution in [-0.2, 0) is 13.2 Å². The van der Waals surface area contributed by atoms with Crippen molar-refractivity contribution in [2.75, 3.05) is 0 Å². The first-order chi connectivity index (χ1) is 8.58. The zero-order chi connectivity index (χ0) is 13.3. The van der Waals surface area contributed by atoms with Gasteiger partial charge in [0.2, 0.25) is 0 Å². The second kappa shape index (κ2) is 5.11. The average Bonchev–Trinajstić information content (AvgIpc) is 2.70. The minimum Gasteiger partial charge on any atom is -0.388 e. The number of hydrogen-bond donors (Lipinski definition) is 1. The van der Waals surface area contributed by atoms with Crippen LogP contribution in [0.15, 0.2) is 16.6 Å². The van der Waals surface area contributed by atoms with Crippen molar-refractivity contribution >= 4 is 15.9 Å².